The SMILES string of the molecule is O=C1CCc2cccc(-c3c(F)cccc3F)c21. The summed E-state index contributed by atoms with van der Waals surface area (Å²) in [5.41, 5.74) is 1.61. The van der Waals surface area contributed by atoms with Crippen LogP contribution in [0.25, 0.3) is 11.1 Å². The zero-order chi connectivity index (χ0) is 12.7. The first-order valence-corrected chi connectivity index (χ1v) is 5.78. The Bertz CT molecular complexity index is 627. The highest BCUT2D eigenvalue weighted by Crippen LogP contribution is 2.34. The summed E-state index contributed by atoms with van der Waals surface area (Å²) in [6.07, 6.45) is 1.07. The van der Waals surface area contributed by atoms with Gasteiger partial charge in [-0.05, 0) is 29.7 Å². The Hall–Kier alpha value is -2.03. The van der Waals surface area contributed by atoms with Crippen LogP contribution in [-0.2, 0) is 6.42 Å². The van der Waals surface area contributed by atoms with Crippen molar-refractivity contribution < 1.29 is 13.6 Å². The van der Waals surface area contributed by atoms with Gasteiger partial charge in [0, 0.05) is 12.0 Å². The van der Waals surface area contributed by atoms with Gasteiger partial charge in [0.2, 0.25) is 0 Å². The number of aryl methyl sites for hydroxylation is 1. The Morgan fingerprint density at radius 3 is 2.22 bits per heavy atom. The van der Waals surface area contributed by atoms with E-state index >= 15 is 0 Å². The fourth-order valence-corrected chi connectivity index (χ4v) is 2.47. The maximum atomic E-state index is 13.8. The second-order valence-corrected chi connectivity index (χ2v) is 4.36. The largest absolute Gasteiger partial charge is 0.294 e. The highest BCUT2D eigenvalue weighted by molar-refractivity contribution is 6.06. The first kappa shape index (κ1) is 11.1. The van der Waals surface area contributed by atoms with Crippen LogP contribution in [0.1, 0.15) is 22.3 Å². The summed E-state index contributed by atoms with van der Waals surface area (Å²) < 4.78 is 27.6. The van der Waals surface area contributed by atoms with Gasteiger partial charge in [-0.3, -0.25) is 4.79 Å². The van der Waals surface area contributed by atoms with E-state index in [1.54, 1.807) is 12.1 Å². The van der Waals surface area contributed by atoms with Gasteiger partial charge < -0.3 is 0 Å². The molecule has 2 aromatic carbocycles. The van der Waals surface area contributed by atoms with Crippen molar-refractivity contribution in [3.63, 3.8) is 0 Å². The van der Waals surface area contributed by atoms with Crippen LogP contribution >= 0.6 is 0 Å². The molecule has 3 rings (SSSR count). The van der Waals surface area contributed by atoms with E-state index in [0.29, 0.717) is 24.0 Å². The number of hydrogen-bond acceptors (Lipinski definition) is 1. The smallest absolute Gasteiger partial charge is 0.164 e. The normalized spacial score (nSPS) is 13.8. The summed E-state index contributed by atoms with van der Waals surface area (Å²) in [4.78, 5) is 11.8. The molecule has 18 heavy (non-hydrogen) atoms. The quantitative estimate of drug-likeness (QED) is 0.746. The molecule has 0 N–H and O–H groups in total. The van der Waals surface area contributed by atoms with Crippen LogP contribution in [0.15, 0.2) is 36.4 Å². The molecule has 0 amide bonds. The van der Waals surface area contributed by atoms with Crippen LogP contribution in [0.3, 0.4) is 0 Å². The third kappa shape index (κ3) is 1.55. The number of fused-ring (bicyclic) bond motifs is 1. The maximum Gasteiger partial charge on any atom is 0.164 e. The van der Waals surface area contributed by atoms with Gasteiger partial charge in [0.25, 0.3) is 0 Å². The topological polar surface area (TPSA) is 17.1 Å². The molecule has 0 fully saturated rings. The number of ketones is 1. The Morgan fingerprint density at radius 2 is 1.50 bits per heavy atom. The second kappa shape index (κ2) is 4.02. The van der Waals surface area contributed by atoms with E-state index in [0.717, 1.165) is 5.56 Å². The third-order valence-corrected chi connectivity index (χ3v) is 3.28. The highest BCUT2D eigenvalue weighted by Gasteiger charge is 2.25. The Balaban J connectivity index is 2.31. The van der Waals surface area contributed by atoms with Gasteiger partial charge in [0.05, 0.1) is 5.56 Å². The Labute approximate surface area is 103 Å². The monoisotopic (exact) mass is 244 g/mol. The highest BCUT2D eigenvalue weighted by atomic mass is 19.1. The van der Waals surface area contributed by atoms with Gasteiger partial charge in [-0.2, -0.15) is 0 Å². The Morgan fingerprint density at radius 1 is 0.833 bits per heavy atom. The number of carbonyl (C=O) groups is 1. The molecular formula is C15H10F2O. The van der Waals surface area contributed by atoms with Gasteiger partial charge in [-0.15, -0.1) is 0 Å². The Kier molecular flexibility index (Phi) is 2.47. The first-order valence-electron chi connectivity index (χ1n) is 5.78. The molecule has 1 nitrogen and oxygen atoms in total. The van der Waals surface area contributed by atoms with Crippen LogP contribution in [-0.4, -0.2) is 5.78 Å². The van der Waals surface area contributed by atoms with Gasteiger partial charge in [-0.25, -0.2) is 8.78 Å². The maximum absolute atomic E-state index is 13.8. The predicted molar refractivity (Wildman–Crippen MR) is 64.4 cm³/mol. The zero-order valence-corrected chi connectivity index (χ0v) is 9.54. The van der Waals surface area contributed by atoms with E-state index < -0.39 is 11.6 Å². The van der Waals surface area contributed by atoms with Crippen molar-refractivity contribution in [2.75, 3.05) is 0 Å². The molecule has 2 aromatic rings. The van der Waals surface area contributed by atoms with E-state index in [4.69, 9.17) is 0 Å². The lowest BCUT2D eigenvalue weighted by atomic mass is 9.96. The molecule has 1 aliphatic carbocycles. The van der Waals surface area contributed by atoms with Gasteiger partial charge >= 0.3 is 0 Å². The van der Waals surface area contributed by atoms with Crippen LogP contribution in [0.4, 0.5) is 8.78 Å². The molecule has 0 unspecified atom stereocenters. The number of Topliss-reactive ketones (excluding diaryl/α,β-unsaturated/α-hetero) is 1. The molecular weight excluding hydrogens is 234 g/mol. The molecule has 0 saturated heterocycles. The fraction of sp³-hybridized carbons (Fsp3) is 0.133. The van der Waals surface area contributed by atoms with Gasteiger partial charge in [0.15, 0.2) is 5.78 Å². The summed E-state index contributed by atoms with van der Waals surface area (Å²) in [6, 6.07) is 8.90. The van der Waals surface area contributed by atoms with Crippen molar-refractivity contribution in [1.29, 1.82) is 0 Å². The van der Waals surface area contributed by atoms with E-state index in [1.165, 1.54) is 18.2 Å². The number of hydrogen-bond donors (Lipinski definition) is 0. The lowest BCUT2D eigenvalue weighted by molar-refractivity contribution is 0.0995. The van der Waals surface area contributed by atoms with Gasteiger partial charge in [-0.1, -0.05) is 24.3 Å². The first-order chi connectivity index (χ1) is 8.68. The average molecular weight is 244 g/mol. The lowest BCUT2D eigenvalue weighted by Gasteiger charge is -2.09. The van der Waals surface area contributed by atoms with Crippen molar-refractivity contribution in [1.82, 2.24) is 0 Å². The number of halogens is 2. The van der Waals surface area contributed by atoms with Crippen molar-refractivity contribution in [2.45, 2.75) is 12.8 Å². The molecule has 1 aliphatic rings. The predicted octanol–water partition coefficient (Wildman–Crippen LogP) is 3.76. The van der Waals surface area contributed by atoms with Gasteiger partial charge in [0.1, 0.15) is 11.6 Å². The molecule has 0 atom stereocenters. The minimum Gasteiger partial charge on any atom is -0.294 e. The van der Waals surface area contributed by atoms with Crippen LogP contribution in [0, 0.1) is 11.6 Å². The molecule has 0 aliphatic heterocycles. The molecule has 90 valence electrons. The number of carbonyl (C=O) groups excluding carboxylic acids is 1. The van der Waals surface area contributed by atoms with E-state index in [-0.39, 0.29) is 11.3 Å². The number of rotatable bonds is 1. The molecule has 0 radical (unpaired) electrons. The van der Waals surface area contributed by atoms with Crippen molar-refractivity contribution >= 4 is 5.78 Å². The molecule has 3 heteroatoms. The summed E-state index contributed by atoms with van der Waals surface area (Å²) >= 11 is 0. The minimum absolute atomic E-state index is 0.0387. The number of benzene rings is 2. The summed E-state index contributed by atoms with van der Waals surface area (Å²) in [6.45, 7) is 0. The van der Waals surface area contributed by atoms with Crippen molar-refractivity contribution in [2.24, 2.45) is 0 Å². The van der Waals surface area contributed by atoms with E-state index in [9.17, 15) is 13.6 Å². The molecule has 0 aromatic heterocycles. The van der Waals surface area contributed by atoms with E-state index in [2.05, 4.69) is 0 Å². The molecule has 0 spiro atoms. The average Bonchev–Trinajstić information content (AvgIpc) is 2.72. The minimum atomic E-state index is -0.636. The van der Waals surface area contributed by atoms with Crippen LogP contribution < -0.4 is 0 Å². The molecule has 0 bridgehead atoms. The van der Waals surface area contributed by atoms with E-state index in [1.807, 2.05) is 6.07 Å². The molecule has 0 saturated carbocycles. The second-order valence-electron chi connectivity index (χ2n) is 4.36. The third-order valence-electron chi connectivity index (χ3n) is 3.28. The van der Waals surface area contributed by atoms with Crippen LogP contribution in [0.5, 0.6) is 0 Å². The summed E-state index contributed by atoms with van der Waals surface area (Å²) in [5.74, 6) is -1.31. The zero-order valence-electron chi connectivity index (χ0n) is 9.54. The summed E-state index contributed by atoms with van der Waals surface area (Å²) in [5, 5.41) is 0. The van der Waals surface area contributed by atoms with Crippen molar-refractivity contribution in [3.8, 4) is 11.1 Å². The van der Waals surface area contributed by atoms with Crippen LogP contribution in [0.2, 0.25) is 0 Å². The lowest BCUT2D eigenvalue weighted by Crippen LogP contribution is -1.99. The summed E-state index contributed by atoms with van der Waals surface area (Å²) in [7, 11) is 0. The molecule has 0 heterocycles. The fourth-order valence-electron chi connectivity index (χ4n) is 2.47. The standard InChI is InChI=1S/C15H10F2O/c16-11-5-2-6-12(17)15(11)10-4-1-3-9-7-8-13(18)14(9)10/h1-6H,7-8H2. The van der Waals surface area contributed by atoms with Crippen molar-refractivity contribution in [3.05, 3.63) is 59.2 Å².